The molecular weight excluding hydrogens is 254 g/mol. The highest BCUT2D eigenvalue weighted by Crippen LogP contribution is 2.25. The number of benzene rings is 1. The zero-order valence-electron chi connectivity index (χ0n) is 11.9. The molecule has 0 spiro atoms. The number of carbonyl (C=O) groups excluding carboxylic acids is 1. The van der Waals surface area contributed by atoms with Gasteiger partial charge in [0, 0.05) is 19.8 Å². The van der Waals surface area contributed by atoms with Crippen molar-refractivity contribution in [1.29, 1.82) is 0 Å². The lowest BCUT2D eigenvalue weighted by atomic mass is 9.86. The van der Waals surface area contributed by atoms with Crippen LogP contribution < -0.4 is 5.32 Å². The van der Waals surface area contributed by atoms with Gasteiger partial charge in [0.05, 0.1) is 0 Å². The molecule has 0 radical (unpaired) electrons. The number of aliphatic hydroxyl groups excluding tert-OH is 1. The molecule has 1 saturated carbocycles. The SMILES string of the molecule is COC(C(=O)NC1CCC(CO)CC1)c1ccccc1. The van der Waals surface area contributed by atoms with Crippen LogP contribution in [0.5, 0.6) is 0 Å². The largest absolute Gasteiger partial charge is 0.396 e. The lowest BCUT2D eigenvalue weighted by molar-refractivity contribution is -0.132. The third-order valence-corrected chi connectivity index (χ3v) is 4.03. The Kier molecular flexibility index (Phi) is 5.56. The first-order valence-corrected chi connectivity index (χ1v) is 7.23. The van der Waals surface area contributed by atoms with Crippen LogP contribution in [0.3, 0.4) is 0 Å². The third kappa shape index (κ3) is 3.81. The van der Waals surface area contributed by atoms with Crippen LogP contribution in [0.4, 0.5) is 0 Å². The van der Waals surface area contributed by atoms with Crippen molar-refractivity contribution in [2.75, 3.05) is 13.7 Å². The molecule has 1 unspecified atom stereocenters. The van der Waals surface area contributed by atoms with E-state index in [9.17, 15) is 4.79 Å². The fourth-order valence-corrected chi connectivity index (χ4v) is 2.79. The standard InChI is InChI=1S/C16H23NO3/c1-20-15(13-5-3-2-4-6-13)16(19)17-14-9-7-12(11-18)8-10-14/h2-6,12,14-15,18H,7-11H2,1H3,(H,17,19). The summed E-state index contributed by atoms with van der Waals surface area (Å²) in [5.74, 6) is 0.321. The van der Waals surface area contributed by atoms with E-state index in [1.165, 1.54) is 0 Å². The summed E-state index contributed by atoms with van der Waals surface area (Å²) in [7, 11) is 1.56. The van der Waals surface area contributed by atoms with Gasteiger partial charge in [0.1, 0.15) is 0 Å². The Balaban J connectivity index is 1.90. The van der Waals surface area contributed by atoms with Gasteiger partial charge in [0.15, 0.2) is 6.10 Å². The van der Waals surface area contributed by atoms with E-state index in [2.05, 4.69) is 5.32 Å². The molecule has 0 aromatic heterocycles. The maximum Gasteiger partial charge on any atom is 0.253 e. The van der Waals surface area contributed by atoms with Crippen LogP contribution in [-0.4, -0.2) is 30.8 Å². The molecule has 1 aliphatic rings. The van der Waals surface area contributed by atoms with Gasteiger partial charge in [-0.15, -0.1) is 0 Å². The molecule has 0 bridgehead atoms. The van der Waals surface area contributed by atoms with Crippen molar-refractivity contribution < 1.29 is 14.6 Å². The normalized spacial score (nSPS) is 24.1. The molecule has 4 heteroatoms. The Bertz CT molecular complexity index is 413. The van der Waals surface area contributed by atoms with Gasteiger partial charge in [-0.25, -0.2) is 0 Å². The lowest BCUT2D eigenvalue weighted by Crippen LogP contribution is -2.41. The van der Waals surface area contributed by atoms with Crippen molar-refractivity contribution in [1.82, 2.24) is 5.32 Å². The number of nitrogens with one attached hydrogen (secondary N) is 1. The highest BCUT2D eigenvalue weighted by Gasteiger charge is 2.26. The molecule has 4 nitrogen and oxygen atoms in total. The summed E-state index contributed by atoms with van der Waals surface area (Å²) < 4.78 is 5.33. The first-order valence-electron chi connectivity index (χ1n) is 7.23. The third-order valence-electron chi connectivity index (χ3n) is 4.03. The van der Waals surface area contributed by atoms with E-state index in [4.69, 9.17) is 9.84 Å². The topological polar surface area (TPSA) is 58.6 Å². The van der Waals surface area contributed by atoms with Crippen molar-refractivity contribution in [2.45, 2.75) is 37.8 Å². The molecule has 20 heavy (non-hydrogen) atoms. The van der Waals surface area contributed by atoms with Crippen molar-refractivity contribution in [3.63, 3.8) is 0 Å². The van der Waals surface area contributed by atoms with Crippen molar-refractivity contribution in [3.8, 4) is 0 Å². The molecule has 0 saturated heterocycles. The van der Waals surface area contributed by atoms with Crippen LogP contribution in [0.15, 0.2) is 30.3 Å². The number of methoxy groups -OCH3 is 1. The lowest BCUT2D eigenvalue weighted by Gasteiger charge is -2.29. The highest BCUT2D eigenvalue weighted by molar-refractivity contribution is 5.82. The highest BCUT2D eigenvalue weighted by atomic mass is 16.5. The molecule has 0 heterocycles. The maximum absolute atomic E-state index is 12.3. The van der Waals surface area contributed by atoms with Crippen LogP contribution in [0.2, 0.25) is 0 Å². The number of carbonyl (C=O) groups is 1. The number of hydrogen-bond acceptors (Lipinski definition) is 3. The van der Waals surface area contributed by atoms with Crippen molar-refractivity contribution in [2.24, 2.45) is 5.92 Å². The summed E-state index contributed by atoms with van der Waals surface area (Å²) >= 11 is 0. The second-order valence-corrected chi connectivity index (χ2v) is 5.44. The molecule has 1 aliphatic carbocycles. The summed E-state index contributed by atoms with van der Waals surface area (Å²) in [5, 5.41) is 12.2. The fourth-order valence-electron chi connectivity index (χ4n) is 2.79. The minimum Gasteiger partial charge on any atom is -0.396 e. The van der Waals surface area contributed by atoms with Crippen molar-refractivity contribution in [3.05, 3.63) is 35.9 Å². The average Bonchev–Trinajstić information content (AvgIpc) is 2.50. The van der Waals surface area contributed by atoms with Gasteiger partial charge in [-0.1, -0.05) is 30.3 Å². The van der Waals surface area contributed by atoms with Gasteiger partial charge in [-0.2, -0.15) is 0 Å². The Hall–Kier alpha value is -1.39. The molecule has 2 N–H and O–H groups in total. The monoisotopic (exact) mass is 277 g/mol. The molecule has 2 rings (SSSR count). The summed E-state index contributed by atoms with van der Waals surface area (Å²) in [6, 6.07) is 9.73. The fraction of sp³-hybridized carbons (Fsp3) is 0.562. The molecule has 1 aromatic carbocycles. The molecule has 0 aliphatic heterocycles. The molecule has 1 atom stereocenters. The van der Waals surface area contributed by atoms with Gasteiger partial charge in [-0.3, -0.25) is 4.79 Å². The zero-order chi connectivity index (χ0) is 14.4. The molecule has 110 valence electrons. The second-order valence-electron chi connectivity index (χ2n) is 5.44. The first-order chi connectivity index (χ1) is 9.74. The Morgan fingerprint density at radius 1 is 1.30 bits per heavy atom. The van der Waals surface area contributed by atoms with Crippen molar-refractivity contribution >= 4 is 5.91 Å². The predicted molar refractivity (Wildman–Crippen MR) is 77.2 cm³/mol. The van der Waals surface area contributed by atoms with Gasteiger partial charge < -0.3 is 15.2 Å². The average molecular weight is 277 g/mol. The summed E-state index contributed by atoms with van der Waals surface area (Å²) in [4.78, 5) is 12.3. The van der Waals surface area contributed by atoms with E-state index in [1.807, 2.05) is 30.3 Å². The van der Waals surface area contributed by atoms with Crippen LogP contribution in [0.25, 0.3) is 0 Å². The van der Waals surface area contributed by atoms with E-state index in [-0.39, 0.29) is 18.6 Å². The molecule has 1 fully saturated rings. The summed E-state index contributed by atoms with van der Waals surface area (Å²) in [6.07, 6.45) is 3.27. The molecule has 1 aromatic rings. The Labute approximate surface area is 120 Å². The van der Waals surface area contributed by atoms with Crippen LogP contribution in [0, 0.1) is 5.92 Å². The van der Waals surface area contributed by atoms with Gasteiger partial charge in [-0.05, 0) is 37.2 Å². The smallest absolute Gasteiger partial charge is 0.253 e. The van der Waals surface area contributed by atoms with Gasteiger partial charge >= 0.3 is 0 Å². The van der Waals surface area contributed by atoms with E-state index in [0.717, 1.165) is 31.2 Å². The van der Waals surface area contributed by atoms with Crippen LogP contribution >= 0.6 is 0 Å². The second kappa shape index (κ2) is 7.41. The van der Waals surface area contributed by atoms with Gasteiger partial charge in [0.25, 0.3) is 5.91 Å². The number of rotatable bonds is 5. The number of hydrogen-bond donors (Lipinski definition) is 2. The van der Waals surface area contributed by atoms with Crippen LogP contribution in [-0.2, 0) is 9.53 Å². The summed E-state index contributed by atoms with van der Waals surface area (Å²) in [5.41, 5.74) is 0.872. The van der Waals surface area contributed by atoms with E-state index in [0.29, 0.717) is 5.92 Å². The van der Waals surface area contributed by atoms with Gasteiger partial charge in [0.2, 0.25) is 0 Å². The number of ether oxygens (including phenoxy) is 1. The quantitative estimate of drug-likeness (QED) is 0.866. The first kappa shape index (κ1) is 15.0. The number of aliphatic hydroxyl groups is 1. The number of amides is 1. The Morgan fingerprint density at radius 3 is 2.50 bits per heavy atom. The molecule has 1 amide bonds. The Morgan fingerprint density at radius 2 is 1.95 bits per heavy atom. The van der Waals surface area contributed by atoms with Crippen LogP contribution in [0.1, 0.15) is 37.4 Å². The zero-order valence-corrected chi connectivity index (χ0v) is 11.9. The maximum atomic E-state index is 12.3. The minimum atomic E-state index is -0.549. The minimum absolute atomic E-state index is 0.0776. The molecular formula is C16H23NO3. The van der Waals surface area contributed by atoms with E-state index in [1.54, 1.807) is 7.11 Å². The predicted octanol–water partition coefficient (Wildman–Crippen LogP) is 2.04. The van der Waals surface area contributed by atoms with E-state index >= 15 is 0 Å². The van der Waals surface area contributed by atoms with E-state index < -0.39 is 6.10 Å². The summed E-state index contributed by atoms with van der Waals surface area (Å²) in [6.45, 7) is 0.255.